The molecule has 0 spiro atoms. The van der Waals surface area contributed by atoms with Crippen LogP contribution in [0.1, 0.15) is 12.8 Å². The molecular weight excluding hydrogens is 411 g/mol. The van der Waals surface area contributed by atoms with Gasteiger partial charge in [-0.3, -0.25) is 4.79 Å². The highest BCUT2D eigenvalue weighted by molar-refractivity contribution is 7.90. The van der Waals surface area contributed by atoms with Crippen molar-refractivity contribution in [2.24, 2.45) is 0 Å². The summed E-state index contributed by atoms with van der Waals surface area (Å²) in [6.07, 6.45) is 3.63. The van der Waals surface area contributed by atoms with Gasteiger partial charge in [0.25, 0.3) is 0 Å². The Morgan fingerprint density at radius 1 is 1.07 bits per heavy atom. The molecule has 0 bridgehead atoms. The third-order valence-corrected chi connectivity index (χ3v) is 5.53. The van der Waals surface area contributed by atoms with Crippen molar-refractivity contribution in [2.45, 2.75) is 17.7 Å². The van der Waals surface area contributed by atoms with E-state index in [-0.39, 0.29) is 23.9 Å². The summed E-state index contributed by atoms with van der Waals surface area (Å²) >= 11 is 0. The molecule has 9 heteroatoms. The molecule has 0 unspecified atom stereocenters. The molecule has 30 heavy (non-hydrogen) atoms. The zero-order chi connectivity index (χ0) is 21.7. The summed E-state index contributed by atoms with van der Waals surface area (Å²) < 4.78 is 43.5. The van der Waals surface area contributed by atoms with E-state index >= 15 is 0 Å². The molecule has 3 rings (SSSR count). The fourth-order valence-corrected chi connectivity index (χ4v) is 3.45. The number of hydrogen-bond donors (Lipinski definition) is 1. The predicted molar refractivity (Wildman–Crippen MR) is 110 cm³/mol. The van der Waals surface area contributed by atoms with Gasteiger partial charge in [0.2, 0.25) is 0 Å². The SMILES string of the molecule is CS(=O)(=O)c1ccc(-c2cnn(-c3ccc(F)cc3)c(=O)c2OCCCCO)cc1. The van der Waals surface area contributed by atoms with Gasteiger partial charge in [0.15, 0.2) is 15.6 Å². The van der Waals surface area contributed by atoms with Crippen molar-refractivity contribution in [2.75, 3.05) is 19.5 Å². The first-order chi connectivity index (χ1) is 14.3. The van der Waals surface area contributed by atoms with Gasteiger partial charge in [0.1, 0.15) is 5.82 Å². The minimum Gasteiger partial charge on any atom is -0.487 e. The molecule has 3 aromatic rings. The number of benzene rings is 2. The van der Waals surface area contributed by atoms with E-state index in [9.17, 15) is 17.6 Å². The normalized spacial score (nSPS) is 11.4. The number of unbranched alkanes of at least 4 members (excludes halogenated alkanes) is 1. The van der Waals surface area contributed by atoms with E-state index in [0.29, 0.717) is 29.7 Å². The number of rotatable bonds is 8. The Hall–Kier alpha value is -3.04. The number of aliphatic hydroxyl groups is 1. The highest BCUT2D eigenvalue weighted by Gasteiger charge is 2.17. The molecule has 0 aliphatic rings. The first kappa shape index (κ1) is 21.7. The lowest BCUT2D eigenvalue weighted by molar-refractivity contribution is 0.251. The second-order valence-electron chi connectivity index (χ2n) is 6.66. The van der Waals surface area contributed by atoms with E-state index in [1.165, 1.54) is 42.6 Å². The molecule has 0 fully saturated rings. The first-order valence-corrected chi connectivity index (χ1v) is 11.1. The van der Waals surface area contributed by atoms with Crippen molar-refractivity contribution in [1.82, 2.24) is 9.78 Å². The highest BCUT2D eigenvalue weighted by atomic mass is 32.2. The Labute approximate surface area is 173 Å². The van der Waals surface area contributed by atoms with Crippen LogP contribution in [0.15, 0.2) is 64.4 Å². The van der Waals surface area contributed by atoms with E-state index in [2.05, 4.69) is 5.10 Å². The lowest BCUT2D eigenvalue weighted by atomic mass is 10.1. The van der Waals surface area contributed by atoms with Crippen LogP contribution in [0.3, 0.4) is 0 Å². The van der Waals surface area contributed by atoms with Crippen LogP contribution >= 0.6 is 0 Å². The van der Waals surface area contributed by atoms with Gasteiger partial charge in [0, 0.05) is 18.4 Å². The maximum absolute atomic E-state index is 13.2. The summed E-state index contributed by atoms with van der Waals surface area (Å²) in [6, 6.07) is 11.4. The van der Waals surface area contributed by atoms with Crippen molar-refractivity contribution >= 4 is 9.84 Å². The zero-order valence-electron chi connectivity index (χ0n) is 16.3. The van der Waals surface area contributed by atoms with Crippen molar-refractivity contribution in [3.8, 4) is 22.6 Å². The number of halogens is 1. The molecule has 2 aromatic carbocycles. The van der Waals surface area contributed by atoms with Crippen LogP contribution in [0.5, 0.6) is 5.75 Å². The summed E-state index contributed by atoms with van der Waals surface area (Å²) in [5, 5.41) is 13.1. The monoisotopic (exact) mass is 432 g/mol. The van der Waals surface area contributed by atoms with Gasteiger partial charge in [-0.05, 0) is 54.8 Å². The molecule has 1 aromatic heterocycles. The fourth-order valence-electron chi connectivity index (χ4n) is 2.82. The fraction of sp³-hybridized carbons (Fsp3) is 0.238. The Morgan fingerprint density at radius 3 is 2.33 bits per heavy atom. The van der Waals surface area contributed by atoms with Crippen molar-refractivity contribution in [1.29, 1.82) is 0 Å². The van der Waals surface area contributed by atoms with Crippen LogP contribution in [-0.2, 0) is 9.84 Å². The molecule has 7 nitrogen and oxygen atoms in total. The maximum Gasteiger partial charge on any atom is 0.314 e. The summed E-state index contributed by atoms with van der Waals surface area (Å²) in [6.45, 7) is 0.219. The molecule has 0 amide bonds. The van der Waals surface area contributed by atoms with Crippen molar-refractivity contribution in [3.63, 3.8) is 0 Å². The zero-order valence-corrected chi connectivity index (χ0v) is 17.1. The second kappa shape index (κ2) is 9.19. The number of sulfone groups is 1. The van der Waals surface area contributed by atoms with Crippen molar-refractivity contribution < 1.29 is 22.7 Å². The summed E-state index contributed by atoms with van der Waals surface area (Å²) in [4.78, 5) is 13.2. The van der Waals surface area contributed by atoms with E-state index in [1.54, 1.807) is 12.1 Å². The third kappa shape index (κ3) is 4.92. The molecule has 158 valence electrons. The highest BCUT2D eigenvalue weighted by Crippen LogP contribution is 2.28. The Kier molecular flexibility index (Phi) is 6.63. The average molecular weight is 432 g/mol. The lowest BCUT2D eigenvalue weighted by Crippen LogP contribution is -2.24. The molecule has 0 aliphatic carbocycles. The summed E-state index contributed by atoms with van der Waals surface area (Å²) in [7, 11) is -3.35. The van der Waals surface area contributed by atoms with Crippen LogP contribution in [-0.4, -0.2) is 42.8 Å². The smallest absolute Gasteiger partial charge is 0.314 e. The number of hydrogen-bond acceptors (Lipinski definition) is 6. The van der Waals surface area contributed by atoms with Crippen LogP contribution in [0.25, 0.3) is 16.8 Å². The minimum atomic E-state index is -3.35. The third-order valence-electron chi connectivity index (χ3n) is 4.40. The van der Waals surface area contributed by atoms with Crippen LogP contribution in [0.2, 0.25) is 0 Å². The number of aromatic nitrogens is 2. The van der Waals surface area contributed by atoms with E-state index < -0.39 is 21.2 Å². The molecule has 0 atom stereocenters. The largest absolute Gasteiger partial charge is 0.487 e. The first-order valence-electron chi connectivity index (χ1n) is 9.23. The van der Waals surface area contributed by atoms with Gasteiger partial charge in [-0.25, -0.2) is 12.8 Å². The lowest BCUT2D eigenvalue weighted by Gasteiger charge is -2.13. The minimum absolute atomic E-state index is 0.0132. The van der Waals surface area contributed by atoms with Gasteiger partial charge < -0.3 is 9.84 Å². The number of ether oxygens (including phenoxy) is 1. The van der Waals surface area contributed by atoms with Gasteiger partial charge in [-0.1, -0.05) is 12.1 Å². The van der Waals surface area contributed by atoms with E-state index in [4.69, 9.17) is 9.84 Å². The molecular formula is C21H21FN2O5S. The maximum atomic E-state index is 13.2. The number of aliphatic hydroxyl groups excluding tert-OH is 1. The molecule has 0 saturated heterocycles. The van der Waals surface area contributed by atoms with Crippen LogP contribution < -0.4 is 10.3 Å². The van der Waals surface area contributed by atoms with Crippen LogP contribution in [0, 0.1) is 5.82 Å². The predicted octanol–water partition coefficient (Wildman–Crippen LogP) is 2.59. The molecule has 0 aliphatic heterocycles. The number of nitrogens with zero attached hydrogens (tertiary/aromatic N) is 2. The Balaban J connectivity index is 2.06. The second-order valence-corrected chi connectivity index (χ2v) is 8.67. The van der Waals surface area contributed by atoms with Gasteiger partial charge >= 0.3 is 5.56 Å². The topological polar surface area (TPSA) is 98.5 Å². The molecule has 1 N–H and O–H groups in total. The quantitative estimate of drug-likeness (QED) is 0.550. The Morgan fingerprint density at radius 2 is 1.73 bits per heavy atom. The van der Waals surface area contributed by atoms with Crippen LogP contribution in [0.4, 0.5) is 4.39 Å². The standard InChI is InChI=1S/C21H21FN2O5S/c1-30(27,28)18-10-4-15(5-11-18)19-14-23-24(17-8-6-16(22)7-9-17)21(26)20(19)29-13-3-2-12-25/h4-11,14,25H,2-3,12-13H2,1H3. The van der Waals surface area contributed by atoms with Gasteiger partial charge in [0.05, 0.1) is 23.4 Å². The molecule has 0 saturated carbocycles. The summed E-state index contributed by atoms with van der Waals surface area (Å²) in [5.74, 6) is -0.394. The van der Waals surface area contributed by atoms with E-state index in [1.807, 2.05) is 0 Å². The van der Waals surface area contributed by atoms with Crippen molar-refractivity contribution in [3.05, 3.63) is 70.9 Å². The summed E-state index contributed by atoms with van der Waals surface area (Å²) in [5.41, 5.74) is 0.814. The van der Waals surface area contributed by atoms with Gasteiger partial charge in [-0.15, -0.1) is 0 Å². The Bertz CT molecular complexity index is 1170. The average Bonchev–Trinajstić information content (AvgIpc) is 2.72. The van der Waals surface area contributed by atoms with E-state index in [0.717, 1.165) is 10.9 Å². The molecule has 0 radical (unpaired) electrons. The molecule has 1 heterocycles. The van der Waals surface area contributed by atoms with Gasteiger partial charge in [-0.2, -0.15) is 9.78 Å².